The molecule has 0 aliphatic carbocycles. The van der Waals surface area contributed by atoms with Crippen molar-refractivity contribution in [1.82, 2.24) is 5.32 Å². The zero-order valence-corrected chi connectivity index (χ0v) is 44.0. The summed E-state index contributed by atoms with van der Waals surface area (Å²) in [5.41, 5.74) is 0. The average Bonchev–Trinajstić information content (AvgIpc) is 3.36. The van der Waals surface area contributed by atoms with Crippen molar-refractivity contribution < 1.29 is 39.8 Å². The number of carbonyl (C=O) groups is 1. The molecule has 6 N–H and O–H groups in total. The van der Waals surface area contributed by atoms with E-state index in [9.17, 15) is 30.3 Å². The molecule has 70 heavy (non-hydrogen) atoms. The summed E-state index contributed by atoms with van der Waals surface area (Å²) in [4.78, 5) is 13.0. The first-order valence-corrected chi connectivity index (χ1v) is 27.8. The number of allylic oxidation sites excluding steroid dienone is 19. The lowest BCUT2D eigenvalue weighted by molar-refractivity contribution is -0.302. The molecule has 0 spiro atoms. The maximum atomic E-state index is 13.0. The Labute approximate surface area is 427 Å². The molecule has 1 amide bonds. The summed E-state index contributed by atoms with van der Waals surface area (Å²) in [6, 6.07) is -0.826. The SMILES string of the molecule is CC/C=C\C/C=C\C/C=C\C/C=C\C/C=C\C/C=C\C/C=C\C/C=C\CCCCCCCCCCCCCCCCC(=O)NC(COC1OC(CO)C(O)C(O)C1O)C(O)/C=C/CC/C=C/CCCC. The minimum absolute atomic E-state index is 0.196. The maximum Gasteiger partial charge on any atom is 0.220 e. The Bertz CT molecular complexity index is 1510. The van der Waals surface area contributed by atoms with Gasteiger partial charge in [-0.2, -0.15) is 0 Å². The van der Waals surface area contributed by atoms with E-state index in [4.69, 9.17) is 9.47 Å². The van der Waals surface area contributed by atoms with Gasteiger partial charge in [0.15, 0.2) is 6.29 Å². The van der Waals surface area contributed by atoms with E-state index in [2.05, 4.69) is 129 Å². The van der Waals surface area contributed by atoms with Crippen LogP contribution in [0.4, 0.5) is 0 Å². The highest BCUT2D eigenvalue weighted by atomic mass is 16.7. The van der Waals surface area contributed by atoms with Gasteiger partial charge in [-0.05, 0) is 89.9 Å². The van der Waals surface area contributed by atoms with Gasteiger partial charge in [-0.25, -0.2) is 0 Å². The zero-order chi connectivity index (χ0) is 50.8. The fourth-order valence-electron chi connectivity index (χ4n) is 7.88. The predicted molar refractivity (Wildman–Crippen MR) is 294 cm³/mol. The molecule has 0 aromatic carbocycles. The third kappa shape index (κ3) is 38.3. The van der Waals surface area contributed by atoms with Crippen LogP contribution >= 0.6 is 0 Å². The smallest absolute Gasteiger partial charge is 0.220 e. The normalized spacial score (nSPS) is 20.4. The molecule has 0 bridgehead atoms. The predicted octanol–water partition coefficient (Wildman–Crippen LogP) is 13.6. The molecule has 9 nitrogen and oxygen atoms in total. The Morgan fingerprint density at radius 2 is 0.900 bits per heavy atom. The fourth-order valence-corrected chi connectivity index (χ4v) is 7.88. The highest BCUT2D eigenvalue weighted by molar-refractivity contribution is 5.76. The Morgan fingerprint density at radius 1 is 0.500 bits per heavy atom. The van der Waals surface area contributed by atoms with Crippen LogP contribution in [0.3, 0.4) is 0 Å². The van der Waals surface area contributed by atoms with Crippen molar-refractivity contribution in [3.8, 4) is 0 Å². The molecule has 1 rings (SSSR count). The van der Waals surface area contributed by atoms with Gasteiger partial charge in [0.05, 0.1) is 25.4 Å². The summed E-state index contributed by atoms with van der Waals surface area (Å²) in [5.74, 6) is -0.196. The van der Waals surface area contributed by atoms with Crippen LogP contribution in [-0.4, -0.2) is 87.5 Å². The highest BCUT2D eigenvalue weighted by Crippen LogP contribution is 2.22. The van der Waals surface area contributed by atoms with Gasteiger partial charge in [-0.1, -0.05) is 225 Å². The van der Waals surface area contributed by atoms with Crippen molar-refractivity contribution in [2.75, 3.05) is 13.2 Å². The molecule has 0 radical (unpaired) electrons. The van der Waals surface area contributed by atoms with E-state index in [1.807, 2.05) is 6.08 Å². The van der Waals surface area contributed by atoms with E-state index >= 15 is 0 Å². The molecule has 1 aliphatic rings. The first kappa shape index (κ1) is 64.6. The van der Waals surface area contributed by atoms with Crippen LogP contribution in [0.25, 0.3) is 0 Å². The van der Waals surface area contributed by atoms with E-state index in [1.165, 1.54) is 77.0 Å². The third-order valence-corrected chi connectivity index (χ3v) is 12.3. The van der Waals surface area contributed by atoms with E-state index in [0.717, 1.165) is 103 Å². The van der Waals surface area contributed by atoms with Gasteiger partial charge < -0.3 is 40.3 Å². The van der Waals surface area contributed by atoms with E-state index in [1.54, 1.807) is 6.08 Å². The summed E-state index contributed by atoms with van der Waals surface area (Å²) in [6.07, 6.45) is 67.3. The molecular weight excluding hydrogens is 875 g/mol. The average molecular weight is 976 g/mol. The van der Waals surface area contributed by atoms with Gasteiger partial charge in [0.2, 0.25) is 5.91 Å². The summed E-state index contributed by atoms with van der Waals surface area (Å²) in [5, 5.41) is 54.1. The lowest BCUT2D eigenvalue weighted by Gasteiger charge is -2.40. The molecule has 398 valence electrons. The third-order valence-electron chi connectivity index (χ3n) is 12.3. The van der Waals surface area contributed by atoms with Crippen LogP contribution in [-0.2, 0) is 14.3 Å². The van der Waals surface area contributed by atoms with Crippen LogP contribution in [0.15, 0.2) is 122 Å². The standard InChI is InChI=1S/C61H101NO8/c1-3-5-7-9-11-13-14-15-16-17-18-19-20-21-22-23-24-25-26-27-28-29-30-31-32-33-34-35-36-37-38-39-40-41-42-43-45-47-49-51-57(65)62-54(55(64)50-48-46-44-12-10-8-6-4-2)53-69-61-60(68)59(67)58(66)56(52-63)70-61/h5,7,10-13,15-16,18-19,21-22,24-25,27-28,30-31,48,50,54-56,58-61,63-64,66-68H,3-4,6,8-9,14,17,20,23,26,29,32-47,49,51-53H2,1-2H3,(H,62,65)/b7-5-,12-10+,13-11-,16-15-,19-18-,22-21-,25-24-,28-27-,31-30-,50-48+. The molecule has 7 unspecified atom stereocenters. The lowest BCUT2D eigenvalue weighted by Crippen LogP contribution is -2.60. The quantitative estimate of drug-likeness (QED) is 0.0261. The lowest BCUT2D eigenvalue weighted by atomic mass is 9.99. The Morgan fingerprint density at radius 3 is 1.37 bits per heavy atom. The summed E-state index contributed by atoms with van der Waals surface area (Å²) < 4.78 is 11.2. The van der Waals surface area contributed by atoms with Crippen molar-refractivity contribution in [3.05, 3.63) is 122 Å². The molecule has 1 fully saturated rings. The number of unbranched alkanes of at least 4 members (excludes halogenated alkanes) is 17. The Balaban J connectivity index is 2.07. The van der Waals surface area contributed by atoms with Gasteiger partial charge in [0.25, 0.3) is 0 Å². The van der Waals surface area contributed by atoms with Crippen LogP contribution < -0.4 is 5.32 Å². The molecule has 7 atom stereocenters. The highest BCUT2D eigenvalue weighted by Gasteiger charge is 2.44. The van der Waals surface area contributed by atoms with Crippen LogP contribution in [0, 0.1) is 0 Å². The molecule has 1 aliphatic heterocycles. The van der Waals surface area contributed by atoms with Crippen LogP contribution in [0.2, 0.25) is 0 Å². The van der Waals surface area contributed by atoms with E-state index in [0.29, 0.717) is 6.42 Å². The second kappa shape index (κ2) is 49.2. The molecule has 1 saturated heterocycles. The number of amides is 1. The number of hydrogen-bond donors (Lipinski definition) is 6. The summed E-state index contributed by atoms with van der Waals surface area (Å²) in [7, 11) is 0. The van der Waals surface area contributed by atoms with Crippen molar-refractivity contribution in [3.63, 3.8) is 0 Å². The van der Waals surface area contributed by atoms with Crippen LogP contribution in [0.1, 0.15) is 200 Å². The molecule has 1 heterocycles. The Kier molecular flexibility index (Phi) is 45.4. The number of aliphatic hydroxyl groups is 5. The summed E-state index contributed by atoms with van der Waals surface area (Å²) in [6.45, 7) is 3.55. The number of rotatable bonds is 45. The Hall–Kier alpha value is -3.41. The largest absolute Gasteiger partial charge is 0.394 e. The van der Waals surface area contributed by atoms with Gasteiger partial charge in [0, 0.05) is 6.42 Å². The minimum atomic E-state index is -1.58. The molecule has 9 heteroatoms. The topological polar surface area (TPSA) is 149 Å². The van der Waals surface area contributed by atoms with Crippen LogP contribution in [0.5, 0.6) is 0 Å². The number of nitrogens with one attached hydrogen (secondary N) is 1. The van der Waals surface area contributed by atoms with Crippen molar-refractivity contribution in [2.24, 2.45) is 0 Å². The molecule has 0 aromatic rings. The fraction of sp³-hybridized carbons (Fsp3) is 0.656. The first-order chi connectivity index (χ1) is 34.3. The zero-order valence-electron chi connectivity index (χ0n) is 44.0. The van der Waals surface area contributed by atoms with Gasteiger partial charge in [-0.15, -0.1) is 0 Å². The first-order valence-electron chi connectivity index (χ1n) is 27.8. The number of ether oxygens (including phenoxy) is 2. The van der Waals surface area contributed by atoms with Gasteiger partial charge >= 0.3 is 0 Å². The van der Waals surface area contributed by atoms with Crippen molar-refractivity contribution in [2.45, 2.75) is 243 Å². The second-order valence-corrected chi connectivity index (χ2v) is 18.6. The number of aliphatic hydroxyl groups excluding tert-OH is 5. The minimum Gasteiger partial charge on any atom is -0.394 e. The molecular formula is C61H101NO8. The van der Waals surface area contributed by atoms with Crippen molar-refractivity contribution >= 4 is 5.91 Å². The summed E-state index contributed by atoms with van der Waals surface area (Å²) >= 11 is 0. The monoisotopic (exact) mass is 976 g/mol. The number of carbonyl (C=O) groups excluding carboxylic acids is 1. The molecule has 0 aromatic heterocycles. The second-order valence-electron chi connectivity index (χ2n) is 18.6. The molecule has 0 saturated carbocycles. The van der Waals surface area contributed by atoms with Gasteiger partial charge in [0.1, 0.15) is 24.4 Å². The maximum absolute atomic E-state index is 13.0. The van der Waals surface area contributed by atoms with Gasteiger partial charge in [-0.3, -0.25) is 4.79 Å². The van der Waals surface area contributed by atoms with E-state index in [-0.39, 0.29) is 12.5 Å². The number of hydrogen-bond acceptors (Lipinski definition) is 8. The van der Waals surface area contributed by atoms with Crippen molar-refractivity contribution in [1.29, 1.82) is 0 Å². The van der Waals surface area contributed by atoms with E-state index < -0.39 is 49.5 Å².